The number of methoxy groups -OCH3 is 1. The molecule has 0 unspecified atom stereocenters. The van der Waals surface area contributed by atoms with Crippen molar-refractivity contribution in [1.29, 1.82) is 0 Å². The number of benzene rings is 1. The average molecular weight is 452 g/mol. The van der Waals surface area contributed by atoms with E-state index in [-0.39, 0.29) is 10.8 Å². The molecule has 0 aromatic heterocycles. The molecule has 0 aliphatic carbocycles. The number of nitrogens with one attached hydrogen (secondary N) is 1. The maximum absolute atomic E-state index is 12.9. The minimum atomic E-state index is -3.48. The van der Waals surface area contributed by atoms with Crippen molar-refractivity contribution in [2.75, 3.05) is 46.4 Å². The third-order valence-corrected chi connectivity index (χ3v) is 8.19. The first-order valence-electron chi connectivity index (χ1n) is 11.6. The highest BCUT2D eigenvalue weighted by atomic mass is 32.2. The van der Waals surface area contributed by atoms with Gasteiger partial charge in [0.05, 0.1) is 12.0 Å². The molecule has 2 aliphatic rings. The van der Waals surface area contributed by atoms with E-state index in [1.54, 1.807) is 25.3 Å². The van der Waals surface area contributed by atoms with Crippen LogP contribution in [0, 0.1) is 5.92 Å². The van der Waals surface area contributed by atoms with E-state index < -0.39 is 10.0 Å². The van der Waals surface area contributed by atoms with E-state index in [0.717, 1.165) is 50.4 Å². The molecule has 0 saturated carbocycles. The Morgan fingerprint density at radius 2 is 1.97 bits per heavy atom. The number of rotatable bonds is 10. The number of piperidine rings is 1. The third-order valence-electron chi connectivity index (χ3n) is 6.29. The molecule has 2 saturated heterocycles. The van der Waals surface area contributed by atoms with Crippen LogP contribution >= 0.6 is 0 Å². The minimum Gasteiger partial charge on any atom is -0.496 e. The third kappa shape index (κ3) is 6.67. The van der Waals surface area contributed by atoms with Gasteiger partial charge in [-0.25, -0.2) is 8.42 Å². The van der Waals surface area contributed by atoms with Gasteiger partial charge in [-0.3, -0.25) is 4.79 Å². The van der Waals surface area contributed by atoms with Gasteiger partial charge >= 0.3 is 0 Å². The van der Waals surface area contributed by atoms with Gasteiger partial charge in [0.1, 0.15) is 5.75 Å². The van der Waals surface area contributed by atoms with Crippen molar-refractivity contribution in [2.24, 2.45) is 5.92 Å². The van der Waals surface area contributed by atoms with Crippen molar-refractivity contribution in [1.82, 2.24) is 14.5 Å². The first kappa shape index (κ1) is 24.0. The molecule has 1 N–H and O–H groups in total. The lowest BCUT2D eigenvalue weighted by Gasteiger charge is -2.30. The van der Waals surface area contributed by atoms with E-state index in [1.807, 2.05) is 0 Å². The van der Waals surface area contributed by atoms with E-state index in [1.165, 1.54) is 17.1 Å². The molecular formula is C23H37N3O4S. The zero-order valence-electron chi connectivity index (χ0n) is 18.9. The lowest BCUT2D eigenvalue weighted by molar-refractivity contribution is -0.121. The Morgan fingerprint density at radius 3 is 2.68 bits per heavy atom. The van der Waals surface area contributed by atoms with Crippen LogP contribution in [0.5, 0.6) is 5.75 Å². The predicted molar refractivity (Wildman–Crippen MR) is 122 cm³/mol. The SMILES string of the molecule is COc1ccc(S(=O)(=O)N2CCCC2)cc1CCC(=O)NCCCN1CCC[C@H](C)C1. The molecule has 2 aliphatic heterocycles. The van der Waals surface area contributed by atoms with Crippen LogP contribution in [0.15, 0.2) is 23.1 Å². The fourth-order valence-electron chi connectivity index (χ4n) is 4.55. The molecule has 1 aromatic carbocycles. The van der Waals surface area contributed by atoms with E-state index in [0.29, 0.717) is 38.2 Å². The standard InChI is InChI=1S/C23H37N3O4S/c1-19-7-5-13-25(18-19)14-6-12-24-23(27)11-8-20-17-21(9-10-22(20)30-2)31(28,29)26-15-3-4-16-26/h9-10,17,19H,3-8,11-16,18H2,1-2H3,(H,24,27)/t19-/m0/s1. The maximum atomic E-state index is 12.9. The Balaban J connectivity index is 1.49. The number of aryl methyl sites for hydroxylation is 1. The van der Waals surface area contributed by atoms with Crippen LogP contribution in [0.4, 0.5) is 0 Å². The predicted octanol–water partition coefficient (Wildman–Crippen LogP) is 2.65. The van der Waals surface area contributed by atoms with E-state index in [9.17, 15) is 13.2 Å². The van der Waals surface area contributed by atoms with Crippen molar-refractivity contribution in [2.45, 2.75) is 56.8 Å². The zero-order valence-corrected chi connectivity index (χ0v) is 19.8. The average Bonchev–Trinajstić information content (AvgIpc) is 3.31. The number of carbonyl (C=O) groups is 1. The Morgan fingerprint density at radius 1 is 1.19 bits per heavy atom. The monoisotopic (exact) mass is 451 g/mol. The number of likely N-dealkylation sites (tertiary alicyclic amines) is 1. The number of hydrogen-bond donors (Lipinski definition) is 1. The summed E-state index contributed by atoms with van der Waals surface area (Å²) in [6.07, 6.45) is 6.09. The van der Waals surface area contributed by atoms with Crippen LogP contribution < -0.4 is 10.1 Å². The second-order valence-electron chi connectivity index (χ2n) is 8.84. The summed E-state index contributed by atoms with van der Waals surface area (Å²) in [6.45, 7) is 7.46. The highest BCUT2D eigenvalue weighted by Gasteiger charge is 2.27. The van der Waals surface area contributed by atoms with Gasteiger partial charge in [0.15, 0.2) is 0 Å². The first-order chi connectivity index (χ1) is 14.9. The fraction of sp³-hybridized carbons (Fsp3) is 0.696. The molecule has 0 bridgehead atoms. The minimum absolute atomic E-state index is 0.0122. The van der Waals surface area contributed by atoms with Crippen LogP contribution in [-0.2, 0) is 21.2 Å². The summed E-state index contributed by atoms with van der Waals surface area (Å²) in [4.78, 5) is 15.1. The highest BCUT2D eigenvalue weighted by Crippen LogP contribution is 2.27. The Labute approximate surface area is 187 Å². The second kappa shape index (κ2) is 11.3. The molecular weight excluding hydrogens is 414 g/mol. The van der Waals surface area contributed by atoms with Gasteiger partial charge in [-0.2, -0.15) is 4.31 Å². The molecule has 7 nitrogen and oxygen atoms in total. The highest BCUT2D eigenvalue weighted by molar-refractivity contribution is 7.89. The fourth-order valence-corrected chi connectivity index (χ4v) is 6.11. The van der Waals surface area contributed by atoms with Gasteiger partial charge in [0.25, 0.3) is 0 Å². The van der Waals surface area contributed by atoms with Gasteiger partial charge in [-0.15, -0.1) is 0 Å². The summed E-state index contributed by atoms with van der Waals surface area (Å²) in [5.41, 5.74) is 0.750. The summed E-state index contributed by atoms with van der Waals surface area (Å²) in [5.74, 6) is 1.37. The summed E-state index contributed by atoms with van der Waals surface area (Å²) >= 11 is 0. The van der Waals surface area contributed by atoms with Crippen molar-refractivity contribution in [3.8, 4) is 5.75 Å². The van der Waals surface area contributed by atoms with E-state index in [4.69, 9.17) is 4.74 Å². The number of carbonyl (C=O) groups excluding carboxylic acids is 1. The molecule has 1 aromatic rings. The van der Waals surface area contributed by atoms with Crippen LogP contribution in [0.2, 0.25) is 0 Å². The molecule has 8 heteroatoms. The molecule has 2 heterocycles. The summed E-state index contributed by atoms with van der Waals surface area (Å²) < 4.78 is 32.6. The van der Waals surface area contributed by atoms with Gasteiger partial charge in [-0.05, 0) is 81.3 Å². The van der Waals surface area contributed by atoms with Crippen LogP contribution in [0.25, 0.3) is 0 Å². The Bertz CT molecular complexity index is 837. The molecule has 0 spiro atoms. The maximum Gasteiger partial charge on any atom is 0.243 e. The van der Waals surface area contributed by atoms with Crippen LogP contribution in [0.3, 0.4) is 0 Å². The van der Waals surface area contributed by atoms with Crippen molar-refractivity contribution >= 4 is 15.9 Å². The molecule has 1 amide bonds. The number of hydrogen-bond acceptors (Lipinski definition) is 5. The van der Waals surface area contributed by atoms with Gasteiger partial charge in [0.2, 0.25) is 15.9 Å². The lowest BCUT2D eigenvalue weighted by Crippen LogP contribution is -2.36. The van der Waals surface area contributed by atoms with Gasteiger partial charge in [0, 0.05) is 32.6 Å². The normalized spacial score (nSPS) is 20.6. The van der Waals surface area contributed by atoms with Gasteiger partial charge < -0.3 is 15.0 Å². The molecule has 2 fully saturated rings. The smallest absolute Gasteiger partial charge is 0.243 e. The molecule has 3 rings (SSSR count). The first-order valence-corrected chi connectivity index (χ1v) is 13.0. The lowest BCUT2D eigenvalue weighted by atomic mass is 10.0. The van der Waals surface area contributed by atoms with Gasteiger partial charge in [-0.1, -0.05) is 6.92 Å². The molecule has 0 radical (unpaired) electrons. The molecule has 174 valence electrons. The zero-order chi connectivity index (χ0) is 22.3. The van der Waals surface area contributed by atoms with Crippen molar-refractivity contribution in [3.63, 3.8) is 0 Å². The molecule has 31 heavy (non-hydrogen) atoms. The summed E-state index contributed by atoms with van der Waals surface area (Å²) in [6, 6.07) is 4.95. The van der Waals surface area contributed by atoms with Crippen molar-refractivity contribution in [3.05, 3.63) is 23.8 Å². The van der Waals surface area contributed by atoms with Crippen LogP contribution in [-0.4, -0.2) is 69.9 Å². The number of amides is 1. The Hall–Kier alpha value is -1.64. The topological polar surface area (TPSA) is 79.0 Å². The Kier molecular flexibility index (Phi) is 8.75. The van der Waals surface area contributed by atoms with E-state index in [2.05, 4.69) is 17.1 Å². The van der Waals surface area contributed by atoms with Crippen molar-refractivity contribution < 1.29 is 17.9 Å². The summed E-state index contributed by atoms with van der Waals surface area (Å²) in [7, 11) is -1.92. The quantitative estimate of drug-likeness (QED) is 0.553. The number of sulfonamides is 1. The van der Waals surface area contributed by atoms with E-state index >= 15 is 0 Å². The number of nitrogens with zero attached hydrogens (tertiary/aromatic N) is 2. The number of ether oxygens (including phenoxy) is 1. The second-order valence-corrected chi connectivity index (χ2v) is 10.8. The largest absolute Gasteiger partial charge is 0.496 e. The molecule has 1 atom stereocenters. The summed E-state index contributed by atoms with van der Waals surface area (Å²) in [5, 5.41) is 3.00. The van der Waals surface area contributed by atoms with Crippen LogP contribution in [0.1, 0.15) is 51.0 Å².